The minimum absolute atomic E-state index is 0.0981. The molecule has 2 aliphatic carbocycles. The Kier molecular flexibility index (Phi) is 2.12. The van der Waals surface area contributed by atoms with E-state index in [1.807, 2.05) is 6.08 Å². The number of ether oxygens (including phenoxy) is 1. The first-order valence-electron chi connectivity index (χ1n) is 6.01. The number of nitrogens with zero attached hydrogens (tertiary/aromatic N) is 1. The van der Waals surface area contributed by atoms with Gasteiger partial charge in [-0.2, -0.15) is 5.26 Å². The predicted octanol–water partition coefficient (Wildman–Crippen LogP) is 1.57. The number of carbonyl (C=O) groups is 2. The Balaban J connectivity index is 1.86. The number of esters is 2. The van der Waals surface area contributed by atoms with E-state index in [0.29, 0.717) is 6.42 Å². The number of hydrogen-bond donors (Lipinski definition) is 0. The fraction of sp³-hybridized carbons (Fsp3) is 0.615. The van der Waals surface area contributed by atoms with Gasteiger partial charge in [0.25, 0.3) is 0 Å². The second-order valence-corrected chi connectivity index (χ2v) is 5.22. The van der Waals surface area contributed by atoms with Crippen LogP contribution in [0.5, 0.6) is 0 Å². The van der Waals surface area contributed by atoms with Crippen molar-refractivity contribution in [3.8, 4) is 6.07 Å². The molecule has 1 aliphatic heterocycles. The number of nitriles is 1. The topological polar surface area (TPSA) is 67.2 Å². The lowest BCUT2D eigenvalue weighted by molar-refractivity contribution is -0.153. The Labute approximate surface area is 99.2 Å². The normalized spacial score (nSPS) is 37.9. The van der Waals surface area contributed by atoms with Crippen LogP contribution in [0, 0.1) is 34.5 Å². The third kappa shape index (κ3) is 1.35. The second-order valence-electron chi connectivity index (χ2n) is 5.22. The molecule has 1 saturated carbocycles. The summed E-state index contributed by atoms with van der Waals surface area (Å²) in [4.78, 5) is 22.9. The molecular weight excluding hydrogens is 218 g/mol. The van der Waals surface area contributed by atoms with E-state index < -0.39 is 17.9 Å². The van der Waals surface area contributed by atoms with Gasteiger partial charge in [0.15, 0.2) is 0 Å². The molecule has 0 spiro atoms. The van der Waals surface area contributed by atoms with Crippen molar-refractivity contribution in [3.63, 3.8) is 0 Å². The number of rotatable bonds is 1. The van der Waals surface area contributed by atoms with Crippen LogP contribution in [0.2, 0.25) is 0 Å². The fourth-order valence-electron chi connectivity index (χ4n) is 3.15. The molecule has 0 N–H and O–H groups in total. The maximum Gasteiger partial charge on any atom is 0.321 e. The maximum atomic E-state index is 11.5. The van der Waals surface area contributed by atoms with Gasteiger partial charge in [0.05, 0.1) is 23.3 Å². The zero-order valence-corrected chi connectivity index (χ0v) is 9.39. The lowest BCUT2D eigenvalue weighted by Crippen LogP contribution is -2.39. The summed E-state index contributed by atoms with van der Waals surface area (Å²) in [6.45, 7) is 0. The molecule has 0 bridgehead atoms. The monoisotopic (exact) mass is 231 g/mol. The maximum absolute atomic E-state index is 11.5. The highest BCUT2D eigenvalue weighted by Gasteiger charge is 2.51. The van der Waals surface area contributed by atoms with Crippen molar-refractivity contribution in [2.45, 2.75) is 25.7 Å². The van der Waals surface area contributed by atoms with Gasteiger partial charge in [0.2, 0.25) is 0 Å². The van der Waals surface area contributed by atoms with E-state index in [4.69, 9.17) is 0 Å². The largest absolute Gasteiger partial charge is 0.392 e. The van der Waals surface area contributed by atoms with Gasteiger partial charge in [-0.05, 0) is 25.2 Å². The molecule has 3 atom stereocenters. The average molecular weight is 231 g/mol. The molecule has 1 saturated heterocycles. The van der Waals surface area contributed by atoms with Crippen molar-refractivity contribution in [1.29, 1.82) is 5.26 Å². The summed E-state index contributed by atoms with van der Waals surface area (Å²) in [5.74, 6) is -1.52. The van der Waals surface area contributed by atoms with Crippen LogP contribution in [0.3, 0.4) is 0 Å². The molecule has 0 aromatic carbocycles. The Morgan fingerprint density at radius 1 is 1.29 bits per heavy atom. The molecule has 1 heterocycles. The van der Waals surface area contributed by atoms with Crippen LogP contribution in [0.1, 0.15) is 25.7 Å². The van der Waals surface area contributed by atoms with Crippen molar-refractivity contribution in [2.24, 2.45) is 23.2 Å². The minimum atomic E-state index is -0.436. The third-order valence-corrected chi connectivity index (χ3v) is 4.45. The number of fused-ring (bicyclic) bond motifs is 1. The Hall–Kier alpha value is -1.63. The smallest absolute Gasteiger partial charge is 0.321 e. The molecule has 4 heteroatoms. The average Bonchev–Trinajstić information content (AvgIpc) is 2.54. The van der Waals surface area contributed by atoms with Gasteiger partial charge in [0, 0.05) is 0 Å². The predicted molar refractivity (Wildman–Crippen MR) is 57.2 cm³/mol. The fourth-order valence-corrected chi connectivity index (χ4v) is 3.15. The van der Waals surface area contributed by atoms with Crippen LogP contribution in [-0.4, -0.2) is 11.9 Å². The van der Waals surface area contributed by atoms with Crippen LogP contribution in [0.4, 0.5) is 0 Å². The number of allylic oxidation sites excluding steroid dienone is 1. The van der Waals surface area contributed by atoms with Crippen molar-refractivity contribution < 1.29 is 14.3 Å². The first-order chi connectivity index (χ1) is 8.16. The van der Waals surface area contributed by atoms with Crippen LogP contribution >= 0.6 is 0 Å². The van der Waals surface area contributed by atoms with E-state index >= 15 is 0 Å². The standard InChI is InChI=1S/C13H13NO3/c14-7-13(4-1-5-13)8-2-3-9-10(6-8)12(16)17-11(9)15/h2-3,8-10H,1,4-6H2. The van der Waals surface area contributed by atoms with Gasteiger partial charge in [-0.3, -0.25) is 9.59 Å². The zero-order valence-electron chi connectivity index (χ0n) is 9.39. The van der Waals surface area contributed by atoms with Crippen LogP contribution in [-0.2, 0) is 14.3 Å². The Bertz CT molecular complexity index is 456. The van der Waals surface area contributed by atoms with Gasteiger partial charge < -0.3 is 4.74 Å². The van der Waals surface area contributed by atoms with Crippen molar-refractivity contribution in [3.05, 3.63) is 12.2 Å². The van der Waals surface area contributed by atoms with Crippen molar-refractivity contribution in [1.82, 2.24) is 0 Å². The van der Waals surface area contributed by atoms with Crippen LogP contribution in [0.15, 0.2) is 12.2 Å². The SMILES string of the molecule is N#CC1(C2C=CC3C(=O)OC(=O)C3C2)CCC1. The van der Waals surface area contributed by atoms with Gasteiger partial charge >= 0.3 is 11.9 Å². The lowest BCUT2D eigenvalue weighted by Gasteiger charge is -2.43. The molecule has 3 aliphatic rings. The van der Waals surface area contributed by atoms with Crippen molar-refractivity contribution in [2.75, 3.05) is 0 Å². The molecule has 17 heavy (non-hydrogen) atoms. The highest BCUT2D eigenvalue weighted by atomic mass is 16.6. The molecule has 0 radical (unpaired) electrons. The van der Waals surface area contributed by atoms with Gasteiger partial charge in [-0.1, -0.05) is 18.6 Å². The first-order valence-corrected chi connectivity index (χ1v) is 6.01. The number of hydrogen-bond acceptors (Lipinski definition) is 4. The molecule has 2 fully saturated rings. The molecule has 3 rings (SSSR count). The first kappa shape index (κ1) is 10.5. The zero-order chi connectivity index (χ0) is 12.0. The van der Waals surface area contributed by atoms with E-state index in [0.717, 1.165) is 19.3 Å². The summed E-state index contributed by atoms with van der Waals surface area (Å²) in [6.07, 6.45) is 7.18. The molecule has 0 aromatic rings. The van der Waals surface area contributed by atoms with E-state index in [9.17, 15) is 14.9 Å². The Morgan fingerprint density at radius 3 is 2.65 bits per heavy atom. The summed E-state index contributed by atoms with van der Waals surface area (Å²) < 4.78 is 4.64. The van der Waals surface area contributed by atoms with Gasteiger partial charge in [0.1, 0.15) is 0 Å². The highest BCUT2D eigenvalue weighted by Crippen LogP contribution is 2.52. The van der Waals surface area contributed by atoms with Crippen LogP contribution in [0.25, 0.3) is 0 Å². The number of carbonyl (C=O) groups excluding carboxylic acids is 2. The quantitative estimate of drug-likeness (QED) is 0.390. The lowest BCUT2D eigenvalue weighted by atomic mass is 9.58. The van der Waals surface area contributed by atoms with Crippen molar-refractivity contribution >= 4 is 11.9 Å². The van der Waals surface area contributed by atoms with E-state index in [2.05, 4.69) is 10.8 Å². The number of cyclic esters (lactones) is 2. The molecule has 0 amide bonds. The van der Waals surface area contributed by atoms with Gasteiger partial charge in [-0.15, -0.1) is 0 Å². The summed E-state index contributed by atoms with van der Waals surface area (Å²) in [7, 11) is 0. The molecular formula is C13H13NO3. The van der Waals surface area contributed by atoms with E-state index in [1.54, 1.807) is 6.08 Å². The van der Waals surface area contributed by atoms with E-state index in [1.165, 1.54) is 0 Å². The van der Waals surface area contributed by atoms with Gasteiger partial charge in [-0.25, -0.2) is 0 Å². The second kappa shape index (κ2) is 3.43. The van der Waals surface area contributed by atoms with Crippen LogP contribution < -0.4 is 0 Å². The summed E-state index contributed by atoms with van der Waals surface area (Å²) in [5, 5.41) is 9.28. The molecule has 4 nitrogen and oxygen atoms in total. The Morgan fingerprint density at radius 2 is 2.06 bits per heavy atom. The highest BCUT2D eigenvalue weighted by molar-refractivity contribution is 5.97. The molecule has 88 valence electrons. The minimum Gasteiger partial charge on any atom is -0.392 e. The summed E-state index contributed by atoms with van der Waals surface area (Å²) in [5.41, 5.74) is -0.298. The molecule has 0 aromatic heterocycles. The summed E-state index contributed by atoms with van der Waals surface area (Å²) in [6, 6.07) is 2.40. The molecule has 3 unspecified atom stereocenters. The third-order valence-electron chi connectivity index (χ3n) is 4.45. The van der Waals surface area contributed by atoms with E-state index in [-0.39, 0.29) is 17.3 Å². The summed E-state index contributed by atoms with van der Waals surface area (Å²) >= 11 is 0.